The van der Waals surface area contributed by atoms with E-state index in [9.17, 15) is 0 Å². The Hall–Kier alpha value is -2.06. The van der Waals surface area contributed by atoms with Gasteiger partial charge in [0.2, 0.25) is 0 Å². The number of benzene rings is 1. The number of nitrogen functional groups attached to an aromatic ring is 1. The second-order valence-electron chi connectivity index (χ2n) is 3.22. The number of aromatic nitrogens is 1. The molecular formula is C11H9N3OS. The maximum atomic E-state index is 8.69. The first-order valence-corrected chi connectivity index (χ1v) is 5.46. The molecule has 0 saturated carbocycles. The first-order chi connectivity index (χ1) is 7.69. The molecule has 2 aromatic rings. The molecule has 2 rings (SSSR count). The summed E-state index contributed by atoms with van der Waals surface area (Å²) in [5, 5.41) is 11.1. The van der Waals surface area contributed by atoms with Crippen molar-refractivity contribution < 1.29 is 4.74 Å². The lowest BCUT2D eigenvalue weighted by Crippen LogP contribution is -1.92. The van der Waals surface area contributed by atoms with Gasteiger partial charge < -0.3 is 10.5 Å². The molecule has 5 heteroatoms. The van der Waals surface area contributed by atoms with Crippen molar-refractivity contribution in [3.05, 3.63) is 34.8 Å². The van der Waals surface area contributed by atoms with Crippen LogP contribution in [-0.4, -0.2) is 4.98 Å². The fourth-order valence-electron chi connectivity index (χ4n) is 1.18. The maximum absolute atomic E-state index is 8.69. The molecule has 2 N–H and O–H groups in total. The molecule has 80 valence electrons. The predicted molar refractivity (Wildman–Crippen MR) is 62.5 cm³/mol. The Kier molecular flexibility index (Phi) is 2.75. The third kappa shape index (κ3) is 2.12. The van der Waals surface area contributed by atoms with Gasteiger partial charge in [0.15, 0.2) is 5.75 Å². The predicted octanol–water partition coefficient (Wildman–Crippen LogP) is 2.70. The number of hydrogen-bond donors (Lipinski definition) is 1. The largest absolute Gasteiger partial charge is 0.429 e. The fraction of sp³-hybridized carbons (Fsp3) is 0.0909. The summed E-state index contributed by atoms with van der Waals surface area (Å²) in [6.45, 7) is 1.89. The van der Waals surface area contributed by atoms with Crippen LogP contribution in [0.2, 0.25) is 0 Å². The van der Waals surface area contributed by atoms with Crippen LogP contribution in [0, 0.1) is 18.3 Å². The maximum Gasteiger partial charge on any atom is 0.278 e. The van der Waals surface area contributed by atoms with E-state index in [0.717, 1.165) is 5.69 Å². The molecule has 0 spiro atoms. The van der Waals surface area contributed by atoms with E-state index in [2.05, 4.69) is 4.98 Å². The highest BCUT2D eigenvalue weighted by molar-refractivity contribution is 7.11. The smallest absolute Gasteiger partial charge is 0.278 e. The van der Waals surface area contributed by atoms with E-state index in [1.54, 1.807) is 18.2 Å². The van der Waals surface area contributed by atoms with Gasteiger partial charge in [0.1, 0.15) is 0 Å². The number of thiazole rings is 1. The summed E-state index contributed by atoms with van der Waals surface area (Å²) in [5.41, 5.74) is 7.61. The quantitative estimate of drug-likeness (QED) is 0.806. The molecule has 0 aliphatic heterocycles. The van der Waals surface area contributed by atoms with Crippen LogP contribution in [0.15, 0.2) is 23.6 Å². The summed E-state index contributed by atoms with van der Waals surface area (Å²) in [5.74, 6) is 0.522. The molecule has 0 bridgehead atoms. The molecule has 0 unspecified atom stereocenters. The SMILES string of the molecule is Cc1csc(Oc2ccc(C#N)cc2N)n1. The Morgan fingerprint density at radius 1 is 1.50 bits per heavy atom. The summed E-state index contributed by atoms with van der Waals surface area (Å²) in [4.78, 5) is 4.17. The van der Waals surface area contributed by atoms with E-state index in [4.69, 9.17) is 15.7 Å². The van der Waals surface area contributed by atoms with Crippen molar-refractivity contribution in [2.24, 2.45) is 0 Å². The molecule has 1 aromatic carbocycles. The van der Waals surface area contributed by atoms with Crippen molar-refractivity contribution in [1.82, 2.24) is 4.98 Å². The van der Waals surface area contributed by atoms with E-state index in [1.165, 1.54) is 11.3 Å². The van der Waals surface area contributed by atoms with E-state index >= 15 is 0 Å². The average Bonchev–Trinajstić information content (AvgIpc) is 2.67. The molecule has 0 fully saturated rings. The van der Waals surface area contributed by atoms with E-state index < -0.39 is 0 Å². The van der Waals surface area contributed by atoms with Crippen LogP contribution in [0.25, 0.3) is 0 Å². The van der Waals surface area contributed by atoms with E-state index in [0.29, 0.717) is 22.2 Å². The van der Waals surface area contributed by atoms with Gasteiger partial charge in [-0.1, -0.05) is 11.3 Å². The van der Waals surface area contributed by atoms with Crippen LogP contribution in [-0.2, 0) is 0 Å². The Labute approximate surface area is 96.9 Å². The van der Waals surface area contributed by atoms with Gasteiger partial charge in [0.05, 0.1) is 23.0 Å². The molecule has 0 saturated heterocycles. The normalized spacial score (nSPS) is 9.75. The standard InChI is InChI=1S/C11H9N3OS/c1-7-6-16-11(14-7)15-10-3-2-8(5-12)4-9(10)13/h2-4,6H,13H2,1H3. The van der Waals surface area contributed by atoms with Gasteiger partial charge >= 0.3 is 0 Å². The number of nitrogens with two attached hydrogens (primary N) is 1. The zero-order chi connectivity index (χ0) is 11.5. The number of nitrogens with zero attached hydrogens (tertiary/aromatic N) is 2. The van der Waals surface area contributed by atoms with Gasteiger partial charge in [0, 0.05) is 5.38 Å². The van der Waals surface area contributed by atoms with E-state index in [-0.39, 0.29) is 0 Å². The molecule has 0 aliphatic carbocycles. The fourth-order valence-corrected chi connectivity index (χ4v) is 1.84. The highest BCUT2D eigenvalue weighted by Gasteiger charge is 2.05. The van der Waals surface area contributed by atoms with Crippen molar-refractivity contribution >= 4 is 17.0 Å². The Balaban J connectivity index is 2.26. The lowest BCUT2D eigenvalue weighted by atomic mass is 10.2. The van der Waals surface area contributed by atoms with Crippen LogP contribution in [0.1, 0.15) is 11.3 Å². The minimum Gasteiger partial charge on any atom is -0.429 e. The first-order valence-electron chi connectivity index (χ1n) is 4.58. The Morgan fingerprint density at radius 3 is 2.88 bits per heavy atom. The minimum absolute atomic E-state index is 0.437. The monoisotopic (exact) mass is 231 g/mol. The van der Waals surface area contributed by atoms with Gasteiger partial charge in [-0.3, -0.25) is 0 Å². The van der Waals surface area contributed by atoms with Crippen molar-refractivity contribution in [3.8, 4) is 17.0 Å². The van der Waals surface area contributed by atoms with Gasteiger partial charge in [-0.05, 0) is 25.1 Å². The van der Waals surface area contributed by atoms with Crippen LogP contribution >= 0.6 is 11.3 Å². The Morgan fingerprint density at radius 2 is 2.31 bits per heavy atom. The molecular weight excluding hydrogens is 222 g/mol. The average molecular weight is 231 g/mol. The number of rotatable bonds is 2. The third-order valence-corrected chi connectivity index (χ3v) is 2.77. The van der Waals surface area contributed by atoms with Gasteiger partial charge in [-0.25, -0.2) is 4.98 Å². The molecule has 16 heavy (non-hydrogen) atoms. The van der Waals surface area contributed by atoms with Crippen LogP contribution in [0.3, 0.4) is 0 Å². The molecule has 0 amide bonds. The zero-order valence-corrected chi connectivity index (χ0v) is 9.41. The molecule has 4 nitrogen and oxygen atoms in total. The lowest BCUT2D eigenvalue weighted by molar-refractivity contribution is 0.480. The number of anilines is 1. The highest BCUT2D eigenvalue weighted by Crippen LogP contribution is 2.29. The van der Waals surface area contributed by atoms with Gasteiger partial charge in [-0.15, -0.1) is 0 Å². The second kappa shape index (κ2) is 4.21. The van der Waals surface area contributed by atoms with Crippen LogP contribution in [0.5, 0.6) is 10.9 Å². The third-order valence-electron chi connectivity index (χ3n) is 1.93. The number of hydrogen-bond acceptors (Lipinski definition) is 5. The van der Waals surface area contributed by atoms with Crippen molar-refractivity contribution in [3.63, 3.8) is 0 Å². The Bertz CT molecular complexity index is 557. The van der Waals surface area contributed by atoms with Gasteiger partial charge in [-0.2, -0.15) is 5.26 Å². The summed E-state index contributed by atoms with van der Waals surface area (Å²) in [6, 6.07) is 6.92. The number of ether oxygens (including phenoxy) is 1. The molecule has 1 aromatic heterocycles. The van der Waals surface area contributed by atoms with Crippen molar-refractivity contribution in [2.45, 2.75) is 6.92 Å². The van der Waals surface area contributed by atoms with Gasteiger partial charge in [0.25, 0.3) is 5.19 Å². The molecule has 0 aliphatic rings. The summed E-state index contributed by atoms with van der Waals surface area (Å²) < 4.78 is 5.50. The minimum atomic E-state index is 0.437. The molecule has 1 heterocycles. The zero-order valence-electron chi connectivity index (χ0n) is 8.60. The number of aryl methyl sites for hydroxylation is 1. The topological polar surface area (TPSA) is 71.9 Å². The summed E-state index contributed by atoms with van der Waals surface area (Å²) >= 11 is 1.41. The van der Waals surface area contributed by atoms with Crippen molar-refractivity contribution in [1.29, 1.82) is 5.26 Å². The molecule has 0 atom stereocenters. The summed E-state index contributed by atoms with van der Waals surface area (Å²) in [7, 11) is 0. The lowest BCUT2D eigenvalue weighted by Gasteiger charge is -2.04. The molecule has 0 radical (unpaired) electrons. The number of nitriles is 1. The van der Waals surface area contributed by atoms with Crippen LogP contribution < -0.4 is 10.5 Å². The highest BCUT2D eigenvalue weighted by atomic mass is 32.1. The van der Waals surface area contributed by atoms with E-state index in [1.807, 2.05) is 18.4 Å². The first kappa shape index (κ1) is 10.5. The second-order valence-corrected chi connectivity index (χ2v) is 4.04. The summed E-state index contributed by atoms with van der Waals surface area (Å²) in [6.07, 6.45) is 0. The van der Waals surface area contributed by atoms with Crippen LogP contribution in [0.4, 0.5) is 5.69 Å². The van der Waals surface area contributed by atoms with Crippen molar-refractivity contribution in [2.75, 3.05) is 5.73 Å².